The van der Waals surface area contributed by atoms with Crippen molar-refractivity contribution in [1.29, 1.82) is 0 Å². The number of nitrogens with two attached hydrogens (primary N) is 2. The Hall–Kier alpha value is -0.770. The molecule has 0 aromatic heterocycles. The highest BCUT2D eigenvalue weighted by Crippen LogP contribution is 0.841. The number of hydrogen-bond acceptors (Lipinski definition) is 1. The van der Waals surface area contributed by atoms with E-state index in [1.54, 1.807) is 0 Å². The molecule has 0 aromatic carbocycles. The lowest BCUT2D eigenvalue weighted by atomic mass is 11.1. The Morgan fingerprint density at radius 2 is 2.00 bits per heavy atom. The number of hydrazone groups is 1. The minimum absolute atomic E-state index is 0.282. The molecule has 0 aromatic rings. The second-order valence-electron chi connectivity index (χ2n) is 0.670. The highest BCUT2D eigenvalue weighted by molar-refractivity contribution is 5.58. The fourth-order valence-corrected chi connectivity index (χ4v) is 0. The van der Waals surface area contributed by atoms with Crippen molar-refractivity contribution in [3.63, 3.8) is 0 Å². The van der Waals surface area contributed by atoms with Crippen LogP contribution in [0, 0.1) is 0 Å². The highest BCUT2D eigenvalue weighted by atomic mass is 15.2. The molecule has 0 spiro atoms. The van der Waals surface area contributed by atoms with Crippen LogP contribution in [0.4, 0.5) is 0 Å². The zero-order chi connectivity index (χ0) is 4.28. The molecule has 5 heavy (non-hydrogen) atoms. The predicted octanol–water partition coefficient (Wildman–Crippen LogP) is -4.50. The number of guanidine groups is 1. The first-order chi connectivity index (χ1) is 2.27. The molecular weight excluding hydrogens is 68.0 g/mol. The summed E-state index contributed by atoms with van der Waals surface area (Å²) in [5.41, 5.74) is 8.08. The summed E-state index contributed by atoms with van der Waals surface area (Å²) >= 11 is 0. The molecule has 0 aliphatic rings. The summed E-state index contributed by atoms with van der Waals surface area (Å²) in [6, 6.07) is 0. The third kappa shape index (κ3) is 3.23. The molecule has 4 heteroatoms. The fourth-order valence-electron chi connectivity index (χ4n) is 0. The quantitative estimate of drug-likeness (QED) is 0.101. The maximum absolute atomic E-state index is 4.86. The van der Waals surface area contributed by atoms with Crippen molar-refractivity contribution in [3.8, 4) is 0 Å². The molecule has 0 aliphatic carbocycles. The van der Waals surface area contributed by atoms with Crippen molar-refractivity contribution in [2.75, 3.05) is 0 Å². The van der Waals surface area contributed by atoms with E-state index < -0.39 is 0 Å². The largest absolute Gasteiger partial charge is 0.457 e. The van der Waals surface area contributed by atoms with E-state index in [0.29, 0.717) is 0 Å². The fraction of sp³-hybridized carbons (Fsp3) is 0. The van der Waals surface area contributed by atoms with Crippen LogP contribution in [0.2, 0.25) is 0 Å². The van der Waals surface area contributed by atoms with Crippen molar-refractivity contribution in [1.82, 2.24) is 0 Å². The van der Waals surface area contributed by atoms with Gasteiger partial charge in [-0.05, 0) is 0 Å². The Labute approximate surface area is 29.6 Å². The monoisotopic (exact) mass is 76.1 g/mol. The van der Waals surface area contributed by atoms with Crippen LogP contribution in [0.3, 0.4) is 0 Å². The molecule has 0 bridgehead atoms. The van der Waals surface area contributed by atoms with E-state index in [2.05, 4.69) is 10.8 Å². The van der Waals surface area contributed by atoms with Gasteiger partial charge in [0.05, 0.1) is 0 Å². The lowest BCUT2D eigenvalue weighted by Gasteiger charge is -1.63. The predicted molar refractivity (Wildman–Crippen MR) is 17.2 cm³/mol. The molecule has 0 heterocycles. The lowest BCUT2D eigenvalue weighted by Crippen LogP contribution is -2.93. The standard InChI is InChI=1S/CH6N4/c2-1(3)5-4/h4H2,(H4,2,3,5)/p+2. The summed E-state index contributed by atoms with van der Waals surface area (Å²) in [4.78, 5) is 0. The number of hydrazine groups is 1. The maximum atomic E-state index is 4.86. The number of rotatable bonds is 0. The molecule has 0 atom stereocenters. The first-order valence-corrected chi connectivity index (χ1v) is 1.18. The van der Waals surface area contributed by atoms with E-state index in [4.69, 9.17) is 11.6 Å². The zero-order valence-corrected chi connectivity index (χ0v) is 2.86. The van der Waals surface area contributed by atoms with Crippen LogP contribution in [-0.2, 0) is 0 Å². The van der Waals surface area contributed by atoms with Gasteiger partial charge in [0.1, 0.15) is 0 Å². The smallest absolute Gasteiger partial charge is 0.271 e. The van der Waals surface area contributed by atoms with Gasteiger partial charge < -0.3 is 0 Å². The van der Waals surface area contributed by atoms with Crippen LogP contribution in [-0.4, -0.2) is 5.96 Å². The molecule has 4 nitrogen and oxygen atoms in total. The topological polar surface area (TPSA) is 93.7 Å². The normalized spacial score (nSPS) is 11.8. The maximum Gasteiger partial charge on any atom is 0.457 e. The first-order valence-electron chi connectivity index (χ1n) is 1.18. The van der Waals surface area contributed by atoms with Crippen LogP contribution < -0.4 is 22.4 Å². The summed E-state index contributed by atoms with van der Waals surface area (Å²) < 4.78 is 0. The molecule has 8 N–H and O–H groups in total. The highest BCUT2D eigenvalue weighted by Gasteiger charge is 1.79. The average Bonchev–Trinajstić information content (AvgIpc) is 1.38. The van der Waals surface area contributed by atoms with E-state index in [0.717, 1.165) is 0 Å². The van der Waals surface area contributed by atoms with Crippen LogP contribution in [0.5, 0.6) is 0 Å². The Morgan fingerprint density at radius 1 is 1.80 bits per heavy atom. The number of nitrogens with one attached hydrogen (secondary N) is 1. The average molecular weight is 76.1 g/mol. The third-order valence-corrected chi connectivity index (χ3v) is 0.185. The minimum atomic E-state index is 0.282. The van der Waals surface area contributed by atoms with Crippen LogP contribution in [0.1, 0.15) is 0 Å². The van der Waals surface area contributed by atoms with Crippen LogP contribution >= 0.6 is 0 Å². The van der Waals surface area contributed by atoms with Gasteiger partial charge in [0.2, 0.25) is 0 Å². The zero-order valence-electron chi connectivity index (χ0n) is 2.86. The van der Waals surface area contributed by atoms with Crippen molar-refractivity contribution < 1.29 is 10.8 Å². The van der Waals surface area contributed by atoms with Gasteiger partial charge >= 0.3 is 5.96 Å². The van der Waals surface area contributed by atoms with Gasteiger partial charge in [0.25, 0.3) is 0 Å². The summed E-state index contributed by atoms with van der Waals surface area (Å²) in [5, 5.41) is 2.11. The molecule has 0 radical (unpaired) electrons. The summed E-state index contributed by atoms with van der Waals surface area (Å²) in [5.74, 6) is 4.98. The lowest BCUT2D eigenvalue weighted by molar-refractivity contribution is -0.515. The minimum Gasteiger partial charge on any atom is -0.271 e. The molecule has 0 saturated heterocycles. The second-order valence-corrected chi connectivity index (χ2v) is 0.670. The van der Waals surface area contributed by atoms with Gasteiger partial charge in [0, 0.05) is 0 Å². The molecule has 0 fully saturated rings. The molecule has 0 aliphatic heterocycles. The Kier molecular flexibility index (Phi) is 1.30. The van der Waals surface area contributed by atoms with E-state index >= 15 is 0 Å². The van der Waals surface area contributed by atoms with E-state index in [9.17, 15) is 0 Å². The van der Waals surface area contributed by atoms with Gasteiger partial charge in [-0.1, -0.05) is 0 Å². The van der Waals surface area contributed by atoms with Crippen LogP contribution in [0.25, 0.3) is 0 Å². The van der Waals surface area contributed by atoms with Gasteiger partial charge in [-0.3, -0.25) is 11.6 Å². The summed E-state index contributed by atoms with van der Waals surface area (Å²) in [6.45, 7) is 0. The van der Waals surface area contributed by atoms with Gasteiger partial charge in [0.15, 0.2) is 0 Å². The summed E-state index contributed by atoms with van der Waals surface area (Å²) in [6.07, 6.45) is 0. The Morgan fingerprint density at radius 3 is 2.00 bits per heavy atom. The molecule has 0 saturated carbocycles. The molecule has 0 rings (SSSR count). The molecular formula is CH8N4+2. The van der Waals surface area contributed by atoms with Crippen molar-refractivity contribution in [2.45, 2.75) is 0 Å². The summed E-state index contributed by atoms with van der Waals surface area (Å²) in [7, 11) is 0. The van der Waals surface area contributed by atoms with Crippen LogP contribution in [0.15, 0.2) is 0 Å². The van der Waals surface area contributed by atoms with Gasteiger partial charge in [-0.15, -0.1) is 5.10 Å². The SMILES string of the molecule is N/[NH+]=C(/N)[NH3+]. The van der Waals surface area contributed by atoms with Crippen molar-refractivity contribution in [2.24, 2.45) is 11.6 Å². The molecule has 30 valence electrons. The van der Waals surface area contributed by atoms with Crippen molar-refractivity contribution in [3.05, 3.63) is 0 Å². The first kappa shape index (κ1) is 4.23. The second kappa shape index (κ2) is 1.54. The van der Waals surface area contributed by atoms with E-state index in [1.807, 2.05) is 0 Å². The van der Waals surface area contributed by atoms with Gasteiger partial charge in [-0.25, -0.2) is 5.73 Å². The third-order valence-electron chi connectivity index (χ3n) is 0.185. The molecule has 0 amide bonds. The van der Waals surface area contributed by atoms with E-state index in [1.165, 1.54) is 0 Å². The molecule has 0 unspecified atom stereocenters. The van der Waals surface area contributed by atoms with Crippen molar-refractivity contribution >= 4 is 5.96 Å². The van der Waals surface area contributed by atoms with E-state index in [-0.39, 0.29) is 5.96 Å². The number of quaternary nitrogens is 1. The van der Waals surface area contributed by atoms with Gasteiger partial charge in [-0.2, -0.15) is 0 Å². The number of hydrogen-bond donors (Lipinski definition) is 4. The Balaban J connectivity index is 3.14. The Bertz CT molecular complexity index is 41.6.